The Labute approximate surface area is 173 Å². The van der Waals surface area contributed by atoms with Crippen molar-refractivity contribution in [2.24, 2.45) is 5.92 Å². The third-order valence-corrected chi connectivity index (χ3v) is 6.46. The molecule has 0 saturated carbocycles. The zero-order chi connectivity index (χ0) is 21.4. The van der Waals surface area contributed by atoms with Crippen LogP contribution < -0.4 is 15.4 Å². The van der Waals surface area contributed by atoms with Gasteiger partial charge in [0.25, 0.3) is 0 Å². The van der Waals surface area contributed by atoms with Gasteiger partial charge in [0.15, 0.2) is 0 Å². The number of sulfonamides is 1. The monoisotopic (exact) mass is 424 g/mol. The molecule has 0 radical (unpaired) electrons. The summed E-state index contributed by atoms with van der Waals surface area (Å²) in [6.45, 7) is 8.81. The Kier molecular flexibility index (Phi) is 8.60. The maximum atomic E-state index is 12.5. The minimum absolute atomic E-state index is 0.0328. The maximum absolute atomic E-state index is 12.5. The van der Waals surface area contributed by atoms with Crippen LogP contribution >= 0.6 is 0 Å². The second-order valence-corrected chi connectivity index (χ2v) is 9.46. The smallest absolute Gasteiger partial charge is 0.241 e. The molecule has 1 aromatic carbocycles. The fraction of sp³-hybridized carbons (Fsp3) is 0.600. The molecular weight excluding hydrogens is 392 g/mol. The minimum Gasteiger partial charge on any atom is -0.355 e. The van der Waals surface area contributed by atoms with Gasteiger partial charge in [0.05, 0.1) is 10.9 Å². The quantitative estimate of drug-likeness (QED) is 0.522. The number of nitrogens with zero attached hydrogens (tertiary/aromatic N) is 1. The van der Waals surface area contributed by atoms with Crippen molar-refractivity contribution in [2.45, 2.75) is 51.0 Å². The average molecular weight is 425 g/mol. The SMILES string of the molecule is CC(=O)Nc1ccc(S(=O)(=O)N[C@@H](C)C(=O)NCCCN2CCCC(C)C2)cc1. The van der Waals surface area contributed by atoms with Crippen LogP contribution in [0.5, 0.6) is 0 Å². The molecular formula is C20H32N4O4S. The molecule has 162 valence electrons. The van der Waals surface area contributed by atoms with Crippen molar-refractivity contribution < 1.29 is 18.0 Å². The van der Waals surface area contributed by atoms with Gasteiger partial charge in [0.2, 0.25) is 21.8 Å². The van der Waals surface area contributed by atoms with Gasteiger partial charge in [-0.3, -0.25) is 9.59 Å². The summed E-state index contributed by atoms with van der Waals surface area (Å²) in [4.78, 5) is 25.7. The largest absolute Gasteiger partial charge is 0.355 e. The molecule has 1 aliphatic rings. The topological polar surface area (TPSA) is 108 Å². The highest BCUT2D eigenvalue weighted by molar-refractivity contribution is 7.89. The highest BCUT2D eigenvalue weighted by Gasteiger charge is 2.22. The number of benzene rings is 1. The fourth-order valence-corrected chi connectivity index (χ4v) is 4.64. The fourth-order valence-electron chi connectivity index (χ4n) is 3.43. The molecule has 1 heterocycles. The highest BCUT2D eigenvalue weighted by Crippen LogP contribution is 2.16. The van der Waals surface area contributed by atoms with E-state index in [0.717, 1.165) is 32.0 Å². The number of carbonyl (C=O) groups excluding carboxylic acids is 2. The van der Waals surface area contributed by atoms with Crippen molar-refractivity contribution in [3.63, 3.8) is 0 Å². The molecule has 1 aromatic rings. The Morgan fingerprint density at radius 2 is 1.93 bits per heavy atom. The van der Waals surface area contributed by atoms with E-state index in [1.54, 1.807) is 0 Å². The molecule has 3 N–H and O–H groups in total. The van der Waals surface area contributed by atoms with E-state index in [1.807, 2.05) is 0 Å². The van der Waals surface area contributed by atoms with Crippen LogP contribution in [-0.4, -0.2) is 57.4 Å². The van der Waals surface area contributed by atoms with E-state index in [-0.39, 0.29) is 16.7 Å². The van der Waals surface area contributed by atoms with Gasteiger partial charge in [0.1, 0.15) is 0 Å². The molecule has 1 unspecified atom stereocenters. The summed E-state index contributed by atoms with van der Waals surface area (Å²) >= 11 is 0. The van der Waals surface area contributed by atoms with Crippen LogP contribution in [0.2, 0.25) is 0 Å². The van der Waals surface area contributed by atoms with Crippen LogP contribution in [0.15, 0.2) is 29.2 Å². The lowest BCUT2D eigenvalue weighted by Crippen LogP contribution is -2.45. The van der Waals surface area contributed by atoms with E-state index in [9.17, 15) is 18.0 Å². The molecule has 0 aromatic heterocycles. The van der Waals surface area contributed by atoms with Gasteiger partial charge in [-0.15, -0.1) is 0 Å². The molecule has 9 heteroatoms. The van der Waals surface area contributed by atoms with Gasteiger partial charge < -0.3 is 15.5 Å². The zero-order valence-corrected chi connectivity index (χ0v) is 18.2. The number of amides is 2. The Morgan fingerprint density at radius 1 is 1.24 bits per heavy atom. The van der Waals surface area contributed by atoms with E-state index in [1.165, 1.54) is 51.0 Å². The second kappa shape index (κ2) is 10.7. The first-order valence-corrected chi connectivity index (χ1v) is 11.6. The first-order chi connectivity index (χ1) is 13.7. The van der Waals surface area contributed by atoms with Crippen molar-refractivity contribution >= 4 is 27.5 Å². The standard InChI is InChI=1S/C20H32N4O4S/c1-15-6-4-12-24(14-15)13-5-11-21-20(26)16(2)23-29(27,28)19-9-7-18(8-10-19)22-17(3)25/h7-10,15-16,23H,4-6,11-14H2,1-3H3,(H,21,26)(H,22,25)/t15?,16-/m0/s1. The lowest BCUT2D eigenvalue weighted by Gasteiger charge is -2.30. The number of carbonyl (C=O) groups is 2. The summed E-state index contributed by atoms with van der Waals surface area (Å²) in [5, 5.41) is 5.37. The van der Waals surface area contributed by atoms with Gasteiger partial charge in [0, 0.05) is 25.7 Å². The van der Waals surface area contributed by atoms with Crippen LogP contribution in [0.3, 0.4) is 0 Å². The molecule has 0 bridgehead atoms. The van der Waals surface area contributed by atoms with E-state index in [2.05, 4.69) is 27.2 Å². The van der Waals surface area contributed by atoms with Crippen molar-refractivity contribution in [1.29, 1.82) is 0 Å². The summed E-state index contributed by atoms with van der Waals surface area (Å²) in [6.07, 6.45) is 3.33. The normalized spacial score (nSPS) is 18.8. The number of likely N-dealkylation sites (tertiary alicyclic amines) is 1. The first-order valence-electron chi connectivity index (χ1n) is 10.1. The number of anilines is 1. The summed E-state index contributed by atoms with van der Waals surface area (Å²) in [5.41, 5.74) is 0.505. The molecule has 2 amide bonds. The van der Waals surface area contributed by atoms with Gasteiger partial charge in [-0.1, -0.05) is 6.92 Å². The Morgan fingerprint density at radius 3 is 2.55 bits per heavy atom. The van der Waals surface area contributed by atoms with E-state index in [4.69, 9.17) is 0 Å². The molecule has 0 spiro atoms. The first kappa shape index (κ1) is 23.3. The van der Waals surface area contributed by atoms with Crippen LogP contribution in [0.25, 0.3) is 0 Å². The Bertz CT molecular complexity index is 795. The van der Waals surface area contributed by atoms with Crippen LogP contribution in [0.1, 0.15) is 40.0 Å². The minimum atomic E-state index is -3.84. The average Bonchev–Trinajstić information content (AvgIpc) is 2.64. The van der Waals surface area contributed by atoms with Gasteiger partial charge >= 0.3 is 0 Å². The molecule has 2 rings (SSSR count). The molecule has 8 nitrogen and oxygen atoms in total. The summed E-state index contributed by atoms with van der Waals surface area (Å²) < 4.78 is 27.3. The Hall–Kier alpha value is -1.97. The van der Waals surface area contributed by atoms with Crippen LogP contribution in [0, 0.1) is 5.92 Å². The number of piperidine rings is 1. The maximum Gasteiger partial charge on any atom is 0.241 e. The number of nitrogens with one attached hydrogen (secondary N) is 3. The molecule has 2 atom stereocenters. The predicted octanol–water partition coefficient (Wildman–Crippen LogP) is 1.55. The van der Waals surface area contributed by atoms with E-state index in [0.29, 0.717) is 12.2 Å². The van der Waals surface area contributed by atoms with Crippen molar-refractivity contribution in [3.8, 4) is 0 Å². The van der Waals surface area contributed by atoms with Gasteiger partial charge in [-0.2, -0.15) is 4.72 Å². The van der Waals surface area contributed by atoms with E-state index >= 15 is 0 Å². The molecule has 0 aliphatic carbocycles. The predicted molar refractivity (Wildman–Crippen MR) is 113 cm³/mol. The van der Waals surface area contributed by atoms with Crippen molar-refractivity contribution in [1.82, 2.24) is 14.9 Å². The lowest BCUT2D eigenvalue weighted by molar-refractivity contribution is -0.122. The molecule has 1 saturated heterocycles. The van der Waals surface area contributed by atoms with Crippen LogP contribution in [-0.2, 0) is 19.6 Å². The Balaban J connectivity index is 1.77. The number of hydrogen-bond acceptors (Lipinski definition) is 5. The van der Waals surface area contributed by atoms with Gasteiger partial charge in [-0.05, 0) is 69.5 Å². The highest BCUT2D eigenvalue weighted by atomic mass is 32.2. The zero-order valence-electron chi connectivity index (χ0n) is 17.4. The number of rotatable bonds is 9. The lowest BCUT2D eigenvalue weighted by atomic mass is 10.0. The van der Waals surface area contributed by atoms with Crippen LogP contribution in [0.4, 0.5) is 5.69 Å². The summed E-state index contributed by atoms with van der Waals surface area (Å²) in [6, 6.07) is 4.89. The van der Waals surface area contributed by atoms with Crippen molar-refractivity contribution in [2.75, 3.05) is 31.5 Å². The molecule has 1 fully saturated rings. The second-order valence-electron chi connectivity index (χ2n) is 7.74. The molecule has 1 aliphatic heterocycles. The number of hydrogen-bond donors (Lipinski definition) is 3. The van der Waals surface area contributed by atoms with Crippen molar-refractivity contribution in [3.05, 3.63) is 24.3 Å². The third-order valence-electron chi connectivity index (χ3n) is 4.90. The molecule has 29 heavy (non-hydrogen) atoms. The van der Waals surface area contributed by atoms with E-state index < -0.39 is 16.1 Å². The summed E-state index contributed by atoms with van der Waals surface area (Å²) in [5.74, 6) is 0.134. The third kappa shape index (κ3) is 7.75. The summed E-state index contributed by atoms with van der Waals surface area (Å²) in [7, 11) is -3.84. The van der Waals surface area contributed by atoms with Gasteiger partial charge in [-0.25, -0.2) is 8.42 Å².